The first kappa shape index (κ1) is 25.0. The highest BCUT2D eigenvalue weighted by Gasteiger charge is 2.09. The molecule has 0 saturated heterocycles. The molecule has 3 aromatic heterocycles. The van der Waals surface area contributed by atoms with Crippen molar-refractivity contribution in [1.82, 2.24) is 29.9 Å². The second-order valence-corrected chi connectivity index (χ2v) is 6.30. The molecule has 6 N–H and O–H groups in total. The molecule has 0 saturated carbocycles. The standard InChI is InChI=1S/C5H4Cl2N2.C5H5ClN4O.C5H3ClN4/c1-3-4(6)8-2-9-5(3)7;6-4-3(11)2(5(7)8)9-1-10-4;1-8-5-3(7)4(6)9-2-10-5/h2H,1H3;1,11H,(H3,7,8);2H,7H2. The van der Waals surface area contributed by atoms with E-state index < -0.39 is 0 Å². The van der Waals surface area contributed by atoms with Gasteiger partial charge in [-0.1, -0.05) is 53.0 Å². The van der Waals surface area contributed by atoms with Gasteiger partial charge < -0.3 is 21.4 Å². The van der Waals surface area contributed by atoms with E-state index in [2.05, 4.69) is 34.7 Å². The second kappa shape index (κ2) is 11.8. The number of amidine groups is 1. The van der Waals surface area contributed by atoms with E-state index in [1.165, 1.54) is 12.7 Å². The van der Waals surface area contributed by atoms with Crippen LogP contribution in [0.5, 0.6) is 5.75 Å². The van der Waals surface area contributed by atoms with Crippen LogP contribution in [0.1, 0.15) is 11.3 Å². The fraction of sp³-hybridized carbons (Fsp3) is 0.0667. The largest absolute Gasteiger partial charge is 0.503 e. The lowest BCUT2D eigenvalue weighted by Gasteiger charge is -1.99. The first-order valence-electron chi connectivity index (χ1n) is 7.39. The van der Waals surface area contributed by atoms with E-state index in [9.17, 15) is 0 Å². The average molecular weight is 490 g/mol. The molecule has 0 spiro atoms. The average Bonchev–Trinajstić information content (AvgIpc) is 2.71. The van der Waals surface area contributed by atoms with Crippen LogP contribution in [0.3, 0.4) is 0 Å². The highest BCUT2D eigenvalue weighted by molar-refractivity contribution is 6.34. The summed E-state index contributed by atoms with van der Waals surface area (Å²) in [5.41, 5.74) is 11.2. The summed E-state index contributed by atoms with van der Waals surface area (Å²) >= 11 is 22.0. The van der Waals surface area contributed by atoms with Crippen molar-refractivity contribution in [3.63, 3.8) is 0 Å². The fourth-order valence-electron chi connectivity index (χ4n) is 1.42. The second-order valence-electron chi connectivity index (χ2n) is 4.87. The lowest BCUT2D eigenvalue weighted by Crippen LogP contribution is -2.13. The number of halogens is 4. The van der Waals surface area contributed by atoms with Gasteiger partial charge in [0, 0.05) is 5.56 Å². The maximum atomic E-state index is 9.09. The minimum atomic E-state index is -0.360. The molecule has 0 atom stereocenters. The molecule has 30 heavy (non-hydrogen) atoms. The normalized spacial score (nSPS) is 9.33. The third kappa shape index (κ3) is 7.09. The van der Waals surface area contributed by atoms with Gasteiger partial charge in [0.2, 0.25) is 6.33 Å². The van der Waals surface area contributed by atoms with Gasteiger partial charge in [-0.3, -0.25) is 5.41 Å². The number of aromatic nitrogens is 6. The van der Waals surface area contributed by atoms with Crippen LogP contribution in [-0.2, 0) is 0 Å². The summed E-state index contributed by atoms with van der Waals surface area (Å²) in [5.74, 6) is -0.603. The number of aromatic hydroxyl groups is 1. The van der Waals surface area contributed by atoms with Crippen LogP contribution in [0.15, 0.2) is 19.0 Å². The van der Waals surface area contributed by atoms with Crippen LogP contribution >= 0.6 is 46.4 Å². The van der Waals surface area contributed by atoms with Crippen LogP contribution in [-0.4, -0.2) is 40.8 Å². The SMILES string of the molecule is Cc1c(Cl)ncnc1Cl.N=C(N)c1ncnc(Cl)c1O.[C-]#[N+]c1ncnc(Cl)c1N. The van der Waals surface area contributed by atoms with Crippen molar-refractivity contribution in [3.05, 3.63) is 62.3 Å². The third-order valence-corrected chi connectivity index (χ3v) is 4.25. The fourth-order valence-corrected chi connectivity index (χ4v) is 1.99. The van der Waals surface area contributed by atoms with E-state index in [4.69, 9.17) is 75.0 Å². The summed E-state index contributed by atoms with van der Waals surface area (Å²) in [6.07, 6.45) is 3.66. The lowest BCUT2D eigenvalue weighted by molar-refractivity contribution is 0.468. The third-order valence-electron chi connectivity index (χ3n) is 2.91. The Morgan fingerprint density at radius 2 is 1.40 bits per heavy atom. The van der Waals surface area contributed by atoms with Crippen molar-refractivity contribution in [2.75, 3.05) is 5.73 Å². The first-order chi connectivity index (χ1) is 14.1. The summed E-state index contributed by atoms with van der Waals surface area (Å²) in [6.45, 7) is 8.35. The minimum absolute atomic E-state index is 0.0509. The molecule has 0 bridgehead atoms. The van der Waals surface area contributed by atoms with Crippen LogP contribution in [0, 0.1) is 18.9 Å². The molecule has 0 radical (unpaired) electrons. The van der Waals surface area contributed by atoms with Crippen molar-refractivity contribution in [1.29, 1.82) is 5.41 Å². The molecule has 0 fully saturated rings. The summed E-state index contributed by atoms with van der Waals surface area (Å²) in [5, 5.41) is 16.9. The van der Waals surface area contributed by atoms with E-state index in [1.807, 2.05) is 0 Å². The van der Waals surface area contributed by atoms with Crippen molar-refractivity contribution in [2.45, 2.75) is 6.92 Å². The molecule has 0 aromatic carbocycles. The molecule has 0 aliphatic carbocycles. The Kier molecular flexibility index (Phi) is 9.87. The molecule has 0 unspecified atom stereocenters. The number of rotatable bonds is 1. The van der Waals surface area contributed by atoms with Gasteiger partial charge in [-0.2, -0.15) is 0 Å². The summed E-state index contributed by atoms with van der Waals surface area (Å²) in [7, 11) is 0. The summed E-state index contributed by atoms with van der Waals surface area (Å²) in [4.78, 5) is 24.6. The van der Waals surface area contributed by atoms with Gasteiger partial charge >= 0.3 is 0 Å². The number of anilines is 1. The maximum Gasteiger partial charge on any atom is 0.297 e. The quantitative estimate of drug-likeness (QED) is 0.172. The minimum Gasteiger partial charge on any atom is -0.503 e. The van der Waals surface area contributed by atoms with Crippen molar-refractivity contribution in [3.8, 4) is 5.75 Å². The van der Waals surface area contributed by atoms with E-state index in [1.54, 1.807) is 6.92 Å². The molecule has 3 heterocycles. The Morgan fingerprint density at radius 1 is 0.933 bits per heavy atom. The van der Waals surface area contributed by atoms with Gasteiger partial charge in [0.05, 0.1) is 5.69 Å². The number of hydrogen-bond donors (Lipinski definition) is 4. The maximum absolute atomic E-state index is 9.09. The molecule has 11 nitrogen and oxygen atoms in total. The predicted molar refractivity (Wildman–Crippen MR) is 114 cm³/mol. The molecule has 0 aliphatic heterocycles. The highest BCUT2D eigenvalue weighted by atomic mass is 35.5. The van der Waals surface area contributed by atoms with Crippen LogP contribution in [0.4, 0.5) is 11.5 Å². The molecule has 3 aromatic rings. The number of nitrogens with two attached hydrogens (primary N) is 2. The Bertz CT molecular complexity index is 1070. The molecule has 0 amide bonds. The zero-order valence-electron chi connectivity index (χ0n) is 15.0. The van der Waals surface area contributed by atoms with Crippen LogP contribution < -0.4 is 11.5 Å². The number of nitrogen functional groups attached to an aromatic ring is 2. The summed E-state index contributed by atoms with van der Waals surface area (Å²) < 4.78 is 0. The highest BCUT2D eigenvalue weighted by Crippen LogP contribution is 2.24. The number of nitrogens with zero attached hydrogens (tertiary/aromatic N) is 7. The Balaban J connectivity index is 0.000000226. The van der Waals surface area contributed by atoms with Gasteiger partial charge in [-0.05, 0) is 6.92 Å². The molecule has 15 heteroatoms. The molecule has 3 rings (SSSR count). The van der Waals surface area contributed by atoms with E-state index >= 15 is 0 Å². The monoisotopic (exact) mass is 488 g/mol. The van der Waals surface area contributed by atoms with Gasteiger partial charge in [-0.25, -0.2) is 24.9 Å². The van der Waals surface area contributed by atoms with Gasteiger partial charge in [-0.15, -0.1) is 4.98 Å². The smallest absolute Gasteiger partial charge is 0.297 e. The zero-order chi connectivity index (χ0) is 22.8. The van der Waals surface area contributed by atoms with Crippen molar-refractivity contribution in [2.24, 2.45) is 5.73 Å². The van der Waals surface area contributed by atoms with E-state index in [0.29, 0.717) is 10.3 Å². The first-order valence-corrected chi connectivity index (χ1v) is 8.91. The van der Waals surface area contributed by atoms with Crippen LogP contribution in [0.25, 0.3) is 4.85 Å². The van der Waals surface area contributed by atoms with Crippen molar-refractivity contribution < 1.29 is 5.11 Å². The lowest BCUT2D eigenvalue weighted by atomic mass is 10.3. The van der Waals surface area contributed by atoms with Gasteiger partial charge in [0.15, 0.2) is 16.6 Å². The topological polar surface area (TPSA) is 178 Å². The number of hydrogen-bond acceptors (Lipinski definition) is 9. The molecular weight excluding hydrogens is 478 g/mol. The van der Waals surface area contributed by atoms with Gasteiger partial charge in [0.1, 0.15) is 33.9 Å². The Labute approximate surface area is 190 Å². The van der Waals surface area contributed by atoms with Crippen molar-refractivity contribution >= 4 is 63.7 Å². The molecule has 156 valence electrons. The van der Waals surface area contributed by atoms with E-state index in [0.717, 1.165) is 11.9 Å². The summed E-state index contributed by atoms with van der Waals surface area (Å²) in [6, 6.07) is 0. The molecule has 0 aliphatic rings. The van der Waals surface area contributed by atoms with Gasteiger partial charge in [0.25, 0.3) is 5.82 Å². The Morgan fingerprint density at radius 3 is 1.83 bits per heavy atom. The van der Waals surface area contributed by atoms with E-state index in [-0.39, 0.29) is 39.1 Å². The van der Waals surface area contributed by atoms with Crippen LogP contribution in [0.2, 0.25) is 20.6 Å². The zero-order valence-corrected chi connectivity index (χ0v) is 18.0. The molecular formula is C15H12Cl4N10O. The Hall–Kier alpha value is -3.04. The predicted octanol–water partition coefficient (Wildman–Crippen LogP) is 3.47. The number of nitrogens with one attached hydrogen (secondary N) is 1.